The van der Waals surface area contributed by atoms with Crippen molar-refractivity contribution in [3.8, 4) is 5.75 Å². The minimum Gasteiger partial charge on any atom is -0.482 e. The second-order valence-corrected chi connectivity index (χ2v) is 7.07. The van der Waals surface area contributed by atoms with Gasteiger partial charge in [0.15, 0.2) is 17.4 Å². The molecule has 4 rings (SSSR count). The van der Waals surface area contributed by atoms with E-state index in [0.717, 1.165) is 24.3 Å². The third-order valence-electron chi connectivity index (χ3n) is 4.05. The number of amides is 1. The lowest BCUT2D eigenvalue weighted by atomic mass is 10.2. The standard InChI is InChI=1S/C18H12F4N4O2S/c19-11-1-2-15(14(22)8-11)28-9-16-23-24-18-26(16)25(3-4-29-18)17(27)10-5-12(20)7-13(21)6-10/h1-2,5-8H,3-4,9H2. The van der Waals surface area contributed by atoms with Crippen LogP contribution in [0.1, 0.15) is 16.2 Å². The van der Waals surface area contributed by atoms with Gasteiger partial charge < -0.3 is 4.74 Å². The first kappa shape index (κ1) is 19.2. The maximum Gasteiger partial charge on any atom is 0.273 e. The van der Waals surface area contributed by atoms with E-state index in [1.165, 1.54) is 21.4 Å². The molecular weight excluding hydrogens is 412 g/mol. The molecule has 0 fully saturated rings. The topological polar surface area (TPSA) is 60.3 Å². The van der Waals surface area contributed by atoms with Crippen LogP contribution in [0, 0.1) is 23.3 Å². The lowest BCUT2D eigenvalue weighted by molar-refractivity contribution is 0.0951. The summed E-state index contributed by atoms with van der Waals surface area (Å²) in [5.41, 5.74) is -0.175. The number of hydrogen-bond donors (Lipinski definition) is 0. The molecule has 0 saturated carbocycles. The molecule has 0 spiro atoms. The molecule has 1 aromatic heterocycles. The average molecular weight is 424 g/mol. The first-order valence-electron chi connectivity index (χ1n) is 8.35. The molecule has 1 aliphatic rings. The Morgan fingerprint density at radius 3 is 2.52 bits per heavy atom. The molecule has 0 radical (unpaired) electrons. The van der Waals surface area contributed by atoms with Gasteiger partial charge in [0.05, 0.1) is 6.54 Å². The van der Waals surface area contributed by atoms with Gasteiger partial charge in [0.2, 0.25) is 5.16 Å². The highest BCUT2D eigenvalue weighted by Crippen LogP contribution is 2.25. The molecule has 1 aliphatic heterocycles. The molecule has 2 aromatic carbocycles. The molecule has 150 valence electrons. The zero-order valence-electron chi connectivity index (χ0n) is 14.6. The molecule has 3 aromatic rings. The molecule has 29 heavy (non-hydrogen) atoms. The monoisotopic (exact) mass is 424 g/mol. The Morgan fingerprint density at radius 1 is 1.03 bits per heavy atom. The fourth-order valence-electron chi connectivity index (χ4n) is 2.79. The van der Waals surface area contributed by atoms with Crippen molar-refractivity contribution in [2.75, 3.05) is 17.3 Å². The summed E-state index contributed by atoms with van der Waals surface area (Å²) in [6.45, 7) is -0.0397. The van der Waals surface area contributed by atoms with Crippen LogP contribution in [0.4, 0.5) is 17.6 Å². The number of rotatable bonds is 4. The van der Waals surface area contributed by atoms with Crippen LogP contribution in [0.3, 0.4) is 0 Å². The zero-order chi connectivity index (χ0) is 20.5. The molecule has 6 nitrogen and oxygen atoms in total. The van der Waals surface area contributed by atoms with Crippen LogP contribution in [0.25, 0.3) is 0 Å². The summed E-state index contributed by atoms with van der Waals surface area (Å²) in [6, 6.07) is 5.39. The molecule has 0 bridgehead atoms. The number of halogens is 4. The number of hydrogen-bond acceptors (Lipinski definition) is 5. The van der Waals surface area contributed by atoms with E-state index in [2.05, 4.69) is 10.2 Å². The van der Waals surface area contributed by atoms with Gasteiger partial charge in [0.1, 0.15) is 24.1 Å². The smallest absolute Gasteiger partial charge is 0.273 e. The lowest BCUT2D eigenvalue weighted by Crippen LogP contribution is -2.45. The van der Waals surface area contributed by atoms with Gasteiger partial charge in [-0.1, -0.05) is 11.8 Å². The predicted molar refractivity (Wildman–Crippen MR) is 95.2 cm³/mol. The van der Waals surface area contributed by atoms with E-state index in [-0.39, 0.29) is 30.3 Å². The summed E-state index contributed by atoms with van der Waals surface area (Å²) >= 11 is 1.33. The molecule has 1 amide bonds. The van der Waals surface area contributed by atoms with Gasteiger partial charge in [0, 0.05) is 23.4 Å². The maximum atomic E-state index is 13.8. The molecule has 0 unspecified atom stereocenters. The number of nitrogens with zero attached hydrogens (tertiary/aromatic N) is 4. The highest BCUT2D eigenvalue weighted by molar-refractivity contribution is 7.99. The summed E-state index contributed by atoms with van der Waals surface area (Å²) in [6.07, 6.45) is 0. The summed E-state index contributed by atoms with van der Waals surface area (Å²) in [5, 5.41) is 9.53. The number of fused-ring (bicyclic) bond motifs is 1. The van der Waals surface area contributed by atoms with Crippen molar-refractivity contribution >= 4 is 17.7 Å². The Hall–Kier alpha value is -3.08. The van der Waals surface area contributed by atoms with Crippen LogP contribution in [-0.2, 0) is 6.61 Å². The first-order chi connectivity index (χ1) is 13.9. The SMILES string of the molecule is O=C(c1cc(F)cc(F)c1)N1CCSc2nnc(COc3ccc(F)cc3F)n21. The third-order valence-corrected chi connectivity index (χ3v) is 4.95. The predicted octanol–water partition coefficient (Wildman–Crippen LogP) is 3.30. The van der Waals surface area contributed by atoms with Crippen molar-refractivity contribution in [2.45, 2.75) is 11.8 Å². The number of aromatic nitrogens is 3. The lowest BCUT2D eigenvalue weighted by Gasteiger charge is -2.29. The summed E-state index contributed by atoms with van der Waals surface area (Å²) in [5.74, 6) is -3.57. The fourth-order valence-corrected chi connectivity index (χ4v) is 3.67. The number of thioether (sulfide) groups is 1. The van der Waals surface area contributed by atoms with Gasteiger partial charge in [-0.3, -0.25) is 4.79 Å². The van der Waals surface area contributed by atoms with Crippen molar-refractivity contribution in [1.29, 1.82) is 0 Å². The Kier molecular flexibility index (Phi) is 5.14. The Labute approximate surface area is 166 Å². The van der Waals surface area contributed by atoms with Gasteiger partial charge in [-0.15, -0.1) is 10.2 Å². The number of carbonyl (C=O) groups is 1. The van der Waals surface area contributed by atoms with E-state index < -0.39 is 29.2 Å². The van der Waals surface area contributed by atoms with Gasteiger partial charge in [-0.2, -0.15) is 0 Å². The van der Waals surface area contributed by atoms with Crippen LogP contribution in [-0.4, -0.2) is 33.1 Å². The highest BCUT2D eigenvalue weighted by Gasteiger charge is 2.29. The minimum absolute atomic E-state index is 0.168. The molecule has 2 heterocycles. The fraction of sp³-hybridized carbons (Fsp3) is 0.167. The zero-order valence-corrected chi connectivity index (χ0v) is 15.4. The highest BCUT2D eigenvalue weighted by atomic mass is 32.2. The second-order valence-electron chi connectivity index (χ2n) is 6.01. The second kappa shape index (κ2) is 7.74. The van der Waals surface area contributed by atoms with E-state index in [1.807, 2.05) is 0 Å². The quantitative estimate of drug-likeness (QED) is 0.602. The number of benzene rings is 2. The van der Waals surface area contributed by atoms with E-state index >= 15 is 0 Å². The van der Waals surface area contributed by atoms with Gasteiger partial charge in [-0.05, 0) is 24.3 Å². The van der Waals surface area contributed by atoms with Crippen molar-refractivity contribution in [3.05, 3.63) is 71.1 Å². The van der Waals surface area contributed by atoms with E-state index in [0.29, 0.717) is 23.0 Å². The van der Waals surface area contributed by atoms with E-state index in [4.69, 9.17) is 4.74 Å². The van der Waals surface area contributed by atoms with Crippen molar-refractivity contribution in [3.63, 3.8) is 0 Å². The minimum atomic E-state index is -0.888. The summed E-state index contributed by atoms with van der Waals surface area (Å²) in [4.78, 5) is 12.8. The summed E-state index contributed by atoms with van der Waals surface area (Å²) < 4.78 is 60.5. The van der Waals surface area contributed by atoms with Crippen molar-refractivity contribution in [2.24, 2.45) is 0 Å². The van der Waals surface area contributed by atoms with Crippen molar-refractivity contribution < 1.29 is 27.1 Å². The van der Waals surface area contributed by atoms with Gasteiger partial charge in [-0.25, -0.2) is 27.2 Å². The Bertz CT molecular complexity index is 1070. The van der Waals surface area contributed by atoms with Crippen LogP contribution >= 0.6 is 11.8 Å². The molecular formula is C18H12F4N4O2S. The molecule has 0 N–H and O–H groups in total. The molecule has 0 atom stereocenters. The Balaban J connectivity index is 1.61. The van der Waals surface area contributed by atoms with Gasteiger partial charge in [0.25, 0.3) is 5.91 Å². The maximum absolute atomic E-state index is 13.8. The molecule has 0 saturated heterocycles. The number of ether oxygens (including phenoxy) is 1. The van der Waals surface area contributed by atoms with Gasteiger partial charge >= 0.3 is 0 Å². The summed E-state index contributed by atoms with van der Waals surface area (Å²) in [7, 11) is 0. The van der Waals surface area contributed by atoms with E-state index in [9.17, 15) is 22.4 Å². The third kappa shape index (κ3) is 3.90. The van der Waals surface area contributed by atoms with E-state index in [1.54, 1.807) is 0 Å². The average Bonchev–Trinajstić information content (AvgIpc) is 3.09. The largest absolute Gasteiger partial charge is 0.482 e. The normalized spacial score (nSPS) is 13.3. The van der Waals surface area contributed by atoms with Crippen LogP contribution in [0.5, 0.6) is 5.75 Å². The van der Waals surface area contributed by atoms with Crippen molar-refractivity contribution in [1.82, 2.24) is 14.9 Å². The first-order valence-corrected chi connectivity index (χ1v) is 9.34. The van der Waals surface area contributed by atoms with Crippen LogP contribution in [0.15, 0.2) is 41.6 Å². The van der Waals surface area contributed by atoms with Crippen LogP contribution < -0.4 is 9.75 Å². The Morgan fingerprint density at radius 2 is 1.79 bits per heavy atom. The number of carbonyl (C=O) groups excluding carboxylic acids is 1. The molecule has 0 aliphatic carbocycles. The van der Waals surface area contributed by atoms with Crippen LogP contribution in [0.2, 0.25) is 0 Å². The molecule has 11 heteroatoms.